The number of nitrogens with zero attached hydrogens (tertiary/aromatic N) is 1. The lowest BCUT2D eigenvalue weighted by Crippen LogP contribution is -2.57. The summed E-state index contributed by atoms with van der Waals surface area (Å²) in [5, 5.41) is 6.14. The number of carbonyl (C=O) groups is 2. The van der Waals surface area contributed by atoms with Gasteiger partial charge < -0.3 is 20.3 Å². The average molecular weight is 299 g/mol. The summed E-state index contributed by atoms with van der Waals surface area (Å²) in [5.41, 5.74) is -0.0142. The van der Waals surface area contributed by atoms with Gasteiger partial charge >= 0.3 is 0 Å². The first kappa shape index (κ1) is 17.9. The van der Waals surface area contributed by atoms with Crippen molar-refractivity contribution in [2.75, 3.05) is 26.3 Å². The lowest BCUT2D eigenvalue weighted by Gasteiger charge is -2.35. The van der Waals surface area contributed by atoms with Gasteiger partial charge in [0, 0.05) is 31.1 Å². The van der Waals surface area contributed by atoms with Crippen LogP contribution in [0.1, 0.15) is 41.0 Å². The number of morpholine rings is 1. The van der Waals surface area contributed by atoms with Crippen molar-refractivity contribution < 1.29 is 14.3 Å². The van der Waals surface area contributed by atoms with Gasteiger partial charge in [0.2, 0.25) is 11.8 Å². The lowest BCUT2D eigenvalue weighted by molar-refractivity contribution is -0.148. The molecule has 1 rings (SSSR count). The zero-order valence-corrected chi connectivity index (χ0v) is 13.9. The molecule has 0 aromatic rings. The highest BCUT2D eigenvalue weighted by Gasteiger charge is 2.32. The molecule has 1 unspecified atom stereocenters. The molecule has 2 amide bonds. The summed E-state index contributed by atoms with van der Waals surface area (Å²) in [7, 11) is 0. The molecule has 1 fully saturated rings. The Bertz CT molecular complexity index is 364. The minimum Gasteiger partial charge on any atom is -0.377 e. The highest BCUT2D eigenvalue weighted by Crippen LogP contribution is 2.10. The first-order valence-corrected chi connectivity index (χ1v) is 7.63. The second kappa shape index (κ2) is 7.75. The van der Waals surface area contributed by atoms with E-state index in [2.05, 4.69) is 31.4 Å². The van der Waals surface area contributed by atoms with Crippen molar-refractivity contribution in [2.24, 2.45) is 0 Å². The van der Waals surface area contributed by atoms with Crippen LogP contribution in [0.15, 0.2) is 0 Å². The van der Waals surface area contributed by atoms with E-state index in [-0.39, 0.29) is 30.0 Å². The van der Waals surface area contributed by atoms with Crippen molar-refractivity contribution in [1.82, 2.24) is 15.5 Å². The maximum absolute atomic E-state index is 12.3. The molecule has 21 heavy (non-hydrogen) atoms. The van der Waals surface area contributed by atoms with Crippen molar-refractivity contribution in [1.29, 1.82) is 0 Å². The molecular weight excluding hydrogens is 270 g/mol. The van der Waals surface area contributed by atoms with Gasteiger partial charge in [-0.3, -0.25) is 9.59 Å². The van der Waals surface area contributed by atoms with Gasteiger partial charge in [0.1, 0.15) is 6.04 Å². The third-order valence-electron chi connectivity index (χ3n) is 3.18. The summed E-state index contributed by atoms with van der Waals surface area (Å²) in [4.78, 5) is 26.1. The third-order valence-corrected chi connectivity index (χ3v) is 3.18. The van der Waals surface area contributed by atoms with Gasteiger partial charge in [-0.15, -0.1) is 0 Å². The Morgan fingerprint density at radius 1 is 1.33 bits per heavy atom. The third kappa shape index (κ3) is 6.44. The molecule has 0 aliphatic carbocycles. The second-order valence-electron chi connectivity index (χ2n) is 6.77. The Labute approximate surface area is 127 Å². The van der Waals surface area contributed by atoms with E-state index in [1.165, 1.54) is 0 Å². The molecule has 1 aliphatic rings. The summed E-state index contributed by atoms with van der Waals surface area (Å²) in [6, 6.07) is -0.456. The zero-order valence-electron chi connectivity index (χ0n) is 13.9. The number of hydrogen-bond acceptors (Lipinski definition) is 4. The second-order valence-corrected chi connectivity index (χ2v) is 6.77. The Hall–Kier alpha value is -1.14. The van der Waals surface area contributed by atoms with Gasteiger partial charge in [-0.2, -0.15) is 0 Å². The summed E-state index contributed by atoms with van der Waals surface area (Å²) >= 11 is 0. The van der Waals surface area contributed by atoms with Crippen molar-refractivity contribution in [3.63, 3.8) is 0 Å². The molecule has 0 aromatic carbocycles. The van der Waals surface area contributed by atoms with E-state index < -0.39 is 6.04 Å². The van der Waals surface area contributed by atoms with Crippen molar-refractivity contribution in [3.05, 3.63) is 0 Å². The smallest absolute Gasteiger partial charge is 0.245 e. The van der Waals surface area contributed by atoms with Crippen LogP contribution in [0.2, 0.25) is 0 Å². The van der Waals surface area contributed by atoms with Crippen LogP contribution < -0.4 is 10.6 Å². The fourth-order valence-electron chi connectivity index (χ4n) is 2.19. The standard InChI is InChI=1S/C15H29N3O3/c1-11(2)17-14(20)12-10-21-9-8-18(12)13(19)6-7-16-15(3,4)5/h11-12,16H,6-10H2,1-5H3,(H,17,20). The molecule has 0 bridgehead atoms. The molecule has 2 N–H and O–H groups in total. The summed E-state index contributed by atoms with van der Waals surface area (Å²) in [6.45, 7) is 11.8. The predicted molar refractivity (Wildman–Crippen MR) is 82.0 cm³/mol. The molecule has 0 aromatic heterocycles. The van der Waals surface area contributed by atoms with E-state index in [0.717, 1.165) is 0 Å². The number of nitrogens with one attached hydrogen (secondary N) is 2. The van der Waals surface area contributed by atoms with Gasteiger partial charge in [-0.25, -0.2) is 0 Å². The molecule has 1 atom stereocenters. The van der Waals surface area contributed by atoms with Gasteiger partial charge in [0.15, 0.2) is 0 Å². The van der Waals surface area contributed by atoms with Crippen LogP contribution in [0.5, 0.6) is 0 Å². The van der Waals surface area contributed by atoms with Crippen molar-refractivity contribution in [3.8, 4) is 0 Å². The maximum atomic E-state index is 12.3. The van der Waals surface area contributed by atoms with E-state index in [1.807, 2.05) is 13.8 Å². The highest BCUT2D eigenvalue weighted by molar-refractivity contribution is 5.88. The van der Waals surface area contributed by atoms with Gasteiger partial charge in [-0.1, -0.05) is 0 Å². The Balaban J connectivity index is 2.55. The van der Waals surface area contributed by atoms with Crippen LogP contribution in [0.4, 0.5) is 0 Å². The molecular formula is C15H29N3O3. The topological polar surface area (TPSA) is 70.7 Å². The fourth-order valence-corrected chi connectivity index (χ4v) is 2.19. The Kier molecular flexibility index (Phi) is 6.61. The molecule has 1 saturated heterocycles. The molecule has 6 nitrogen and oxygen atoms in total. The molecule has 1 aliphatic heterocycles. The summed E-state index contributed by atoms with van der Waals surface area (Å²) < 4.78 is 5.35. The van der Waals surface area contributed by atoms with E-state index >= 15 is 0 Å². The normalized spacial score (nSPS) is 19.7. The van der Waals surface area contributed by atoms with Gasteiger partial charge in [0.25, 0.3) is 0 Å². The first-order chi connectivity index (χ1) is 9.70. The van der Waals surface area contributed by atoms with E-state index in [0.29, 0.717) is 26.1 Å². The van der Waals surface area contributed by atoms with E-state index in [1.54, 1.807) is 4.90 Å². The monoisotopic (exact) mass is 299 g/mol. The zero-order chi connectivity index (χ0) is 16.0. The average Bonchev–Trinajstić information content (AvgIpc) is 2.36. The first-order valence-electron chi connectivity index (χ1n) is 7.63. The van der Waals surface area contributed by atoms with Crippen molar-refractivity contribution in [2.45, 2.75) is 58.7 Å². The van der Waals surface area contributed by atoms with Crippen LogP contribution in [-0.2, 0) is 14.3 Å². The van der Waals surface area contributed by atoms with Crippen LogP contribution in [-0.4, -0.2) is 60.6 Å². The summed E-state index contributed by atoms with van der Waals surface area (Å²) in [5.74, 6) is -0.138. The van der Waals surface area contributed by atoms with Gasteiger partial charge in [-0.05, 0) is 34.6 Å². The molecule has 0 spiro atoms. The predicted octanol–water partition coefficient (Wildman–Crippen LogP) is 0.517. The molecule has 6 heteroatoms. The number of ether oxygens (including phenoxy) is 1. The lowest BCUT2D eigenvalue weighted by atomic mass is 10.1. The maximum Gasteiger partial charge on any atom is 0.245 e. The number of amides is 2. The minimum atomic E-state index is -0.511. The molecule has 0 saturated carbocycles. The number of carbonyl (C=O) groups excluding carboxylic acids is 2. The SMILES string of the molecule is CC(C)NC(=O)C1COCCN1C(=O)CCNC(C)(C)C. The Morgan fingerprint density at radius 2 is 2.00 bits per heavy atom. The van der Waals surface area contributed by atoms with Crippen LogP contribution in [0, 0.1) is 0 Å². The van der Waals surface area contributed by atoms with E-state index in [4.69, 9.17) is 4.74 Å². The summed E-state index contributed by atoms with van der Waals surface area (Å²) in [6.07, 6.45) is 0.392. The number of rotatable bonds is 5. The van der Waals surface area contributed by atoms with Crippen LogP contribution >= 0.6 is 0 Å². The number of hydrogen-bond donors (Lipinski definition) is 2. The molecule has 122 valence electrons. The van der Waals surface area contributed by atoms with Crippen molar-refractivity contribution >= 4 is 11.8 Å². The minimum absolute atomic E-state index is 0.000967. The van der Waals surface area contributed by atoms with E-state index in [9.17, 15) is 9.59 Å². The van der Waals surface area contributed by atoms with Crippen LogP contribution in [0.25, 0.3) is 0 Å². The van der Waals surface area contributed by atoms with Gasteiger partial charge in [0.05, 0.1) is 13.2 Å². The molecule has 1 heterocycles. The molecule has 0 radical (unpaired) electrons. The fraction of sp³-hybridized carbons (Fsp3) is 0.867. The Morgan fingerprint density at radius 3 is 2.57 bits per heavy atom. The quantitative estimate of drug-likeness (QED) is 0.776. The highest BCUT2D eigenvalue weighted by atomic mass is 16.5. The largest absolute Gasteiger partial charge is 0.377 e. The van der Waals surface area contributed by atoms with Crippen LogP contribution in [0.3, 0.4) is 0 Å².